The molecule has 0 aliphatic heterocycles. The molecule has 0 saturated heterocycles. The van der Waals surface area contributed by atoms with Crippen molar-refractivity contribution < 1.29 is 18.0 Å². The number of rotatable bonds is 3. The summed E-state index contributed by atoms with van der Waals surface area (Å²) >= 11 is 0. The summed E-state index contributed by atoms with van der Waals surface area (Å²) in [6.45, 7) is 0.154. The van der Waals surface area contributed by atoms with Crippen molar-refractivity contribution in [3.05, 3.63) is 41.7 Å². The number of hydrogen-bond acceptors (Lipinski definition) is 4. The molecule has 0 fully saturated rings. The van der Waals surface area contributed by atoms with Gasteiger partial charge in [0, 0.05) is 13.2 Å². The van der Waals surface area contributed by atoms with Crippen LogP contribution in [0.2, 0.25) is 0 Å². The Hall–Kier alpha value is -2.45. The van der Waals surface area contributed by atoms with Gasteiger partial charge in [-0.3, -0.25) is 14.9 Å². The zero-order valence-corrected chi connectivity index (χ0v) is 10.3. The van der Waals surface area contributed by atoms with Gasteiger partial charge in [-0.05, 0) is 12.1 Å². The third-order valence-electron chi connectivity index (χ3n) is 2.51. The van der Waals surface area contributed by atoms with Gasteiger partial charge in [0.05, 0.1) is 12.1 Å². The average molecular weight is 285 g/mol. The first-order valence-corrected chi connectivity index (χ1v) is 5.51. The SMILES string of the molecule is CN(Cc1ncn[nH]1)C(=O)c1ccc(C(F)(F)F)cn1. The molecule has 0 radical (unpaired) electrons. The molecule has 0 unspecified atom stereocenters. The van der Waals surface area contributed by atoms with Gasteiger partial charge in [0.2, 0.25) is 0 Å². The van der Waals surface area contributed by atoms with E-state index in [1.807, 2.05) is 0 Å². The number of hydrogen-bond donors (Lipinski definition) is 1. The van der Waals surface area contributed by atoms with Crippen LogP contribution in [0.15, 0.2) is 24.7 Å². The molecule has 2 heterocycles. The van der Waals surface area contributed by atoms with E-state index in [0.717, 1.165) is 12.1 Å². The van der Waals surface area contributed by atoms with Crippen molar-refractivity contribution in [3.63, 3.8) is 0 Å². The lowest BCUT2D eigenvalue weighted by Crippen LogP contribution is -2.27. The minimum absolute atomic E-state index is 0.0694. The lowest BCUT2D eigenvalue weighted by atomic mass is 10.2. The Balaban J connectivity index is 2.09. The molecular weight excluding hydrogens is 275 g/mol. The van der Waals surface area contributed by atoms with Crippen molar-refractivity contribution in [2.75, 3.05) is 7.05 Å². The van der Waals surface area contributed by atoms with E-state index in [4.69, 9.17) is 0 Å². The molecule has 2 rings (SSSR count). The third-order valence-corrected chi connectivity index (χ3v) is 2.51. The van der Waals surface area contributed by atoms with Crippen molar-refractivity contribution in [1.29, 1.82) is 0 Å². The quantitative estimate of drug-likeness (QED) is 0.927. The molecule has 1 amide bonds. The number of nitrogens with zero attached hydrogens (tertiary/aromatic N) is 4. The van der Waals surface area contributed by atoms with Crippen LogP contribution >= 0.6 is 0 Å². The number of H-pyrrole nitrogens is 1. The lowest BCUT2D eigenvalue weighted by Gasteiger charge is -2.15. The molecule has 0 bridgehead atoms. The first kappa shape index (κ1) is 14.0. The van der Waals surface area contributed by atoms with E-state index in [1.54, 1.807) is 0 Å². The predicted octanol–water partition coefficient (Wildman–Crippen LogP) is 1.49. The number of halogens is 3. The van der Waals surface area contributed by atoms with E-state index in [9.17, 15) is 18.0 Å². The monoisotopic (exact) mass is 285 g/mol. The fraction of sp³-hybridized carbons (Fsp3) is 0.273. The number of amides is 1. The molecule has 1 N–H and O–H groups in total. The molecule has 6 nitrogen and oxygen atoms in total. The Bertz CT molecular complexity index is 579. The molecule has 0 saturated carbocycles. The van der Waals surface area contributed by atoms with Crippen LogP contribution in [0.25, 0.3) is 0 Å². The van der Waals surface area contributed by atoms with E-state index >= 15 is 0 Å². The highest BCUT2D eigenvalue weighted by Crippen LogP contribution is 2.28. The maximum absolute atomic E-state index is 12.4. The van der Waals surface area contributed by atoms with Crippen molar-refractivity contribution >= 4 is 5.91 Å². The summed E-state index contributed by atoms with van der Waals surface area (Å²) in [7, 11) is 1.49. The Kier molecular flexibility index (Phi) is 3.68. The third kappa shape index (κ3) is 3.11. The number of alkyl halides is 3. The van der Waals surface area contributed by atoms with Crippen LogP contribution in [-0.2, 0) is 12.7 Å². The second-order valence-electron chi connectivity index (χ2n) is 4.02. The Morgan fingerprint density at radius 2 is 2.10 bits per heavy atom. The van der Waals surface area contributed by atoms with Crippen LogP contribution in [0, 0.1) is 0 Å². The molecule has 2 aromatic rings. The zero-order valence-electron chi connectivity index (χ0n) is 10.3. The van der Waals surface area contributed by atoms with Crippen molar-refractivity contribution in [2.24, 2.45) is 0 Å². The summed E-state index contributed by atoms with van der Waals surface area (Å²) in [5, 5.41) is 6.21. The maximum atomic E-state index is 12.4. The molecule has 9 heteroatoms. The number of carbonyl (C=O) groups excluding carboxylic acids is 1. The molecule has 20 heavy (non-hydrogen) atoms. The van der Waals surface area contributed by atoms with Crippen LogP contribution in [-0.4, -0.2) is 38.0 Å². The number of aromatic amines is 1. The predicted molar refractivity (Wildman–Crippen MR) is 61.4 cm³/mol. The van der Waals surface area contributed by atoms with E-state index in [1.165, 1.54) is 18.3 Å². The summed E-state index contributed by atoms with van der Waals surface area (Å²) in [5.74, 6) is -0.0390. The van der Waals surface area contributed by atoms with Gasteiger partial charge < -0.3 is 4.90 Å². The van der Waals surface area contributed by atoms with Crippen molar-refractivity contribution in [2.45, 2.75) is 12.7 Å². The molecular formula is C11H10F3N5O. The molecule has 0 aliphatic carbocycles. The lowest BCUT2D eigenvalue weighted by molar-refractivity contribution is -0.137. The molecule has 0 aromatic carbocycles. The number of pyridine rings is 1. The minimum Gasteiger partial charge on any atom is -0.333 e. The second kappa shape index (κ2) is 5.27. The minimum atomic E-state index is -4.47. The summed E-state index contributed by atoms with van der Waals surface area (Å²) in [6, 6.07) is 1.87. The van der Waals surface area contributed by atoms with Crippen LogP contribution in [0.3, 0.4) is 0 Å². The number of aromatic nitrogens is 4. The van der Waals surface area contributed by atoms with Crippen LogP contribution < -0.4 is 0 Å². The van der Waals surface area contributed by atoms with Gasteiger partial charge in [-0.25, -0.2) is 4.98 Å². The van der Waals surface area contributed by atoms with Gasteiger partial charge in [0.1, 0.15) is 17.8 Å². The van der Waals surface area contributed by atoms with E-state index in [0.29, 0.717) is 12.0 Å². The van der Waals surface area contributed by atoms with E-state index in [2.05, 4.69) is 20.2 Å². The topological polar surface area (TPSA) is 74.8 Å². The highest BCUT2D eigenvalue weighted by Gasteiger charge is 2.31. The van der Waals surface area contributed by atoms with Gasteiger partial charge >= 0.3 is 6.18 Å². The largest absolute Gasteiger partial charge is 0.417 e. The summed E-state index contributed by atoms with van der Waals surface area (Å²) in [6.07, 6.45) is -2.54. The highest BCUT2D eigenvalue weighted by atomic mass is 19.4. The second-order valence-corrected chi connectivity index (χ2v) is 4.02. The Morgan fingerprint density at radius 1 is 1.35 bits per heavy atom. The van der Waals surface area contributed by atoms with Crippen molar-refractivity contribution in [3.8, 4) is 0 Å². The molecule has 0 spiro atoms. The van der Waals surface area contributed by atoms with Gasteiger partial charge in [-0.1, -0.05) is 0 Å². The van der Waals surface area contributed by atoms with Crippen molar-refractivity contribution in [1.82, 2.24) is 25.1 Å². The summed E-state index contributed by atoms with van der Waals surface area (Å²) in [5.41, 5.74) is -0.966. The van der Waals surface area contributed by atoms with E-state index < -0.39 is 17.6 Å². The standard InChI is InChI=1S/C11H10F3N5O/c1-19(5-9-16-6-17-18-9)10(20)8-3-2-7(4-15-8)11(12,13)14/h2-4,6H,5H2,1H3,(H,16,17,18). The Labute approximate surface area is 111 Å². The first-order valence-electron chi connectivity index (χ1n) is 5.51. The highest BCUT2D eigenvalue weighted by molar-refractivity contribution is 5.92. The maximum Gasteiger partial charge on any atom is 0.417 e. The summed E-state index contributed by atoms with van der Waals surface area (Å²) in [4.78, 5) is 20.6. The normalized spacial score (nSPS) is 11.4. The number of nitrogens with one attached hydrogen (secondary N) is 1. The zero-order chi connectivity index (χ0) is 14.8. The van der Waals surface area contributed by atoms with Crippen LogP contribution in [0.1, 0.15) is 21.9 Å². The van der Waals surface area contributed by atoms with Gasteiger partial charge in [-0.15, -0.1) is 0 Å². The number of carbonyl (C=O) groups is 1. The first-order chi connectivity index (χ1) is 9.38. The van der Waals surface area contributed by atoms with Gasteiger partial charge in [0.15, 0.2) is 0 Å². The molecule has 106 valence electrons. The fourth-order valence-corrected chi connectivity index (χ4v) is 1.49. The van der Waals surface area contributed by atoms with E-state index in [-0.39, 0.29) is 12.2 Å². The fourth-order valence-electron chi connectivity index (χ4n) is 1.49. The average Bonchev–Trinajstić information content (AvgIpc) is 2.90. The molecule has 0 atom stereocenters. The van der Waals surface area contributed by atoms with Gasteiger partial charge in [-0.2, -0.15) is 18.3 Å². The smallest absolute Gasteiger partial charge is 0.333 e. The Morgan fingerprint density at radius 3 is 2.60 bits per heavy atom. The molecule has 0 aliphatic rings. The van der Waals surface area contributed by atoms with Crippen LogP contribution in [0.5, 0.6) is 0 Å². The van der Waals surface area contributed by atoms with Gasteiger partial charge in [0.25, 0.3) is 5.91 Å². The van der Waals surface area contributed by atoms with Crippen LogP contribution in [0.4, 0.5) is 13.2 Å². The molecule has 2 aromatic heterocycles. The summed E-state index contributed by atoms with van der Waals surface area (Å²) < 4.78 is 37.1.